The number of hydrogen-bond acceptors (Lipinski definition) is 4. The highest BCUT2D eigenvalue weighted by Gasteiger charge is 2.46. The molecular weight excluding hydrogens is 222 g/mol. The Labute approximate surface area is 101 Å². The van der Waals surface area contributed by atoms with Crippen LogP contribution in [0.15, 0.2) is 0 Å². The SMILES string of the molecule is CC1CCCC(CO)(N2C(=O)COCC2=O)C1. The molecule has 2 fully saturated rings. The van der Waals surface area contributed by atoms with Crippen molar-refractivity contribution < 1.29 is 19.4 Å². The van der Waals surface area contributed by atoms with Gasteiger partial charge in [0.05, 0.1) is 12.1 Å². The zero-order valence-corrected chi connectivity index (χ0v) is 10.1. The van der Waals surface area contributed by atoms with Crippen molar-refractivity contribution in [2.75, 3.05) is 19.8 Å². The summed E-state index contributed by atoms with van der Waals surface area (Å²) in [6.45, 7) is 1.84. The molecule has 5 nitrogen and oxygen atoms in total. The molecular formula is C12H19NO4. The Hall–Kier alpha value is -0.940. The summed E-state index contributed by atoms with van der Waals surface area (Å²) < 4.78 is 4.91. The zero-order valence-electron chi connectivity index (χ0n) is 10.1. The fraction of sp³-hybridized carbons (Fsp3) is 0.833. The summed E-state index contributed by atoms with van der Waals surface area (Å²) in [4.78, 5) is 25.0. The third kappa shape index (κ3) is 2.21. The molecule has 96 valence electrons. The lowest BCUT2D eigenvalue weighted by atomic mass is 9.75. The number of carbonyl (C=O) groups excluding carboxylic acids is 2. The van der Waals surface area contributed by atoms with E-state index in [1.54, 1.807) is 0 Å². The molecule has 2 rings (SSSR count). The number of aliphatic hydroxyl groups excluding tert-OH is 1. The van der Waals surface area contributed by atoms with Gasteiger partial charge in [-0.3, -0.25) is 14.5 Å². The minimum Gasteiger partial charge on any atom is -0.394 e. The first kappa shape index (κ1) is 12.5. The Balaban J connectivity index is 2.26. The number of amides is 2. The number of morpholine rings is 1. The van der Waals surface area contributed by atoms with Gasteiger partial charge >= 0.3 is 0 Å². The van der Waals surface area contributed by atoms with Crippen LogP contribution in [0.3, 0.4) is 0 Å². The number of imide groups is 1. The van der Waals surface area contributed by atoms with E-state index in [2.05, 4.69) is 6.92 Å². The van der Waals surface area contributed by atoms with Crippen molar-refractivity contribution in [2.45, 2.75) is 38.1 Å². The zero-order chi connectivity index (χ0) is 12.5. The van der Waals surface area contributed by atoms with Crippen molar-refractivity contribution in [3.8, 4) is 0 Å². The van der Waals surface area contributed by atoms with Crippen molar-refractivity contribution in [1.82, 2.24) is 4.90 Å². The second-order valence-corrected chi connectivity index (χ2v) is 5.20. The summed E-state index contributed by atoms with van der Waals surface area (Å²) in [7, 11) is 0. The second kappa shape index (κ2) is 4.74. The van der Waals surface area contributed by atoms with Crippen LogP contribution in [0.4, 0.5) is 0 Å². The first-order chi connectivity index (χ1) is 8.09. The Morgan fingerprint density at radius 2 is 2.06 bits per heavy atom. The van der Waals surface area contributed by atoms with Crippen molar-refractivity contribution in [3.05, 3.63) is 0 Å². The van der Waals surface area contributed by atoms with Gasteiger partial charge in [-0.05, 0) is 18.8 Å². The van der Waals surface area contributed by atoms with Crippen LogP contribution >= 0.6 is 0 Å². The fourth-order valence-electron chi connectivity index (χ4n) is 3.07. The number of hydrogen-bond donors (Lipinski definition) is 1. The van der Waals surface area contributed by atoms with Crippen LogP contribution in [0, 0.1) is 5.92 Å². The number of ether oxygens (including phenoxy) is 1. The molecule has 0 bridgehead atoms. The maximum atomic E-state index is 11.8. The monoisotopic (exact) mass is 241 g/mol. The van der Waals surface area contributed by atoms with E-state index in [9.17, 15) is 14.7 Å². The molecule has 1 N–H and O–H groups in total. The van der Waals surface area contributed by atoms with E-state index >= 15 is 0 Å². The van der Waals surface area contributed by atoms with Crippen molar-refractivity contribution in [2.24, 2.45) is 5.92 Å². The molecule has 0 aromatic heterocycles. The van der Waals surface area contributed by atoms with Gasteiger partial charge in [-0.1, -0.05) is 19.8 Å². The number of nitrogens with zero attached hydrogens (tertiary/aromatic N) is 1. The topological polar surface area (TPSA) is 66.8 Å². The van der Waals surface area contributed by atoms with Gasteiger partial charge in [-0.25, -0.2) is 0 Å². The minimum absolute atomic E-state index is 0.0537. The summed E-state index contributed by atoms with van der Waals surface area (Å²) in [6, 6.07) is 0. The summed E-state index contributed by atoms with van der Waals surface area (Å²) >= 11 is 0. The highest BCUT2D eigenvalue weighted by atomic mass is 16.5. The van der Waals surface area contributed by atoms with E-state index in [1.165, 1.54) is 4.90 Å². The number of carbonyl (C=O) groups is 2. The maximum Gasteiger partial charge on any atom is 0.255 e. The van der Waals surface area contributed by atoms with Gasteiger partial charge in [0, 0.05) is 0 Å². The first-order valence-electron chi connectivity index (χ1n) is 6.13. The molecule has 1 heterocycles. The molecule has 5 heteroatoms. The minimum atomic E-state index is -0.685. The second-order valence-electron chi connectivity index (χ2n) is 5.20. The van der Waals surface area contributed by atoms with Crippen LogP contribution in [-0.2, 0) is 14.3 Å². The third-order valence-electron chi connectivity index (χ3n) is 3.79. The molecule has 1 aliphatic carbocycles. The molecule has 1 saturated carbocycles. The molecule has 1 saturated heterocycles. The maximum absolute atomic E-state index is 11.8. The Bertz CT molecular complexity index is 314. The normalized spacial score (nSPS) is 35.2. The highest BCUT2D eigenvalue weighted by molar-refractivity contribution is 5.99. The fourth-order valence-corrected chi connectivity index (χ4v) is 3.07. The Morgan fingerprint density at radius 3 is 2.59 bits per heavy atom. The average Bonchev–Trinajstić information content (AvgIpc) is 2.28. The molecule has 0 radical (unpaired) electrons. The predicted molar refractivity (Wildman–Crippen MR) is 60.1 cm³/mol. The number of rotatable bonds is 2. The van der Waals surface area contributed by atoms with Crippen LogP contribution in [0.1, 0.15) is 32.6 Å². The van der Waals surface area contributed by atoms with Crippen LogP contribution < -0.4 is 0 Å². The molecule has 2 atom stereocenters. The average molecular weight is 241 g/mol. The molecule has 2 aliphatic rings. The van der Waals surface area contributed by atoms with Gasteiger partial charge < -0.3 is 9.84 Å². The predicted octanol–water partition coefficient (Wildman–Crippen LogP) is 0.313. The van der Waals surface area contributed by atoms with Crippen molar-refractivity contribution in [1.29, 1.82) is 0 Å². The summed E-state index contributed by atoms with van der Waals surface area (Å²) in [5, 5.41) is 9.66. The van der Waals surface area contributed by atoms with E-state index < -0.39 is 5.54 Å². The highest BCUT2D eigenvalue weighted by Crippen LogP contribution is 2.37. The quantitative estimate of drug-likeness (QED) is 0.707. The molecule has 1 aliphatic heterocycles. The van der Waals surface area contributed by atoms with E-state index in [1.807, 2.05) is 0 Å². The lowest BCUT2D eigenvalue weighted by Crippen LogP contribution is -2.62. The molecule has 0 aromatic rings. The third-order valence-corrected chi connectivity index (χ3v) is 3.79. The standard InChI is InChI=1S/C12H19NO4/c1-9-3-2-4-12(5-9,8-14)13-10(15)6-17-7-11(13)16/h9,14H,2-8H2,1H3. The lowest BCUT2D eigenvalue weighted by Gasteiger charge is -2.46. The van der Waals surface area contributed by atoms with E-state index in [4.69, 9.17) is 4.74 Å². The van der Waals surface area contributed by atoms with E-state index in [0.29, 0.717) is 18.8 Å². The van der Waals surface area contributed by atoms with Gasteiger partial charge in [-0.2, -0.15) is 0 Å². The van der Waals surface area contributed by atoms with Crippen LogP contribution in [0.25, 0.3) is 0 Å². The molecule has 2 amide bonds. The first-order valence-corrected chi connectivity index (χ1v) is 6.13. The van der Waals surface area contributed by atoms with E-state index in [-0.39, 0.29) is 31.6 Å². The largest absolute Gasteiger partial charge is 0.394 e. The summed E-state index contributed by atoms with van der Waals surface area (Å²) in [5.41, 5.74) is -0.685. The van der Waals surface area contributed by atoms with Gasteiger partial charge in [0.2, 0.25) is 0 Å². The summed E-state index contributed by atoms with van der Waals surface area (Å²) in [6.07, 6.45) is 3.43. The number of aliphatic hydroxyl groups is 1. The van der Waals surface area contributed by atoms with Gasteiger partial charge in [0.15, 0.2) is 0 Å². The van der Waals surface area contributed by atoms with Crippen LogP contribution in [-0.4, -0.2) is 47.2 Å². The van der Waals surface area contributed by atoms with Gasteiger partial charge in [-0.15, -0.1) is 0 Å². The molecule has 0 aromatic carbocycles. The van der Waals surface area contributed by atoms with Gasteiger partial charge in [0.25, 0.3) is 11.8 Å². The smallest absolute Gasteiger partial charge is 0.255 e. The van der Waals surface area contributed by atoms with Crippen molar-refractivity contribution >= 4 is 11.8 Å². The molecule has 0 spiro atoms. The lowest BCUT2D eigenvalue weighted by molar-refractivity contribution is -0.171. The van der Waals surface area contributed by atoms with Crippen molar-refractivity contribution in [3.63, 3.8) is 0 Å². The summed E-state index contributed by atoms with van der Waals surface area (Å²) in [5.74, 6) is -0.201. The van der Waals surface area contributed by atoms with E-state index in [0.717, 1.165) is 12.8 Å². The van der Waals surface area contributed by atoms with Crippen LogP contribution in [0.5, 0.6) is 0 Å². The molecule has 2 unspecified atom stereocenters. The Kier molecular flexibility index (Phi) is 3.49. The molecule has 17 heavy (non-hydrogen) atoms. The van der Waals surface area contributed by atoms with Crippen LogP contribution in [0.2, 0.25) is 0 Å². The Morgan fingerprint density at radius 1 is 1.41 bits per heavy atom. The van der Waals surface area contributed by atoms with Gasteiger partial charge in [0.1, 0.15) is 13.2 Å².